The van der Waals surface area contributed by atoms with Gasteiger partial charge in [0.05, 0.1) is 22.0 Å². The summed E-state index contributed by atoms with van der Waals surface area (Å²) in [6.45, 7) is 1.91. The second kappa shape index (κ2) is 9.51. The molecule has 6 aromatic rings. The van der Waals surface area contributed by atoms with Crippen molar-refractivity contribution in [2.45, 2.75) is 16.7 Å². The monoisotopic (exact) mass is 541 g/mol. The Morgan fingerprint density at radius 3 is 2.42 bits per heavy atom. The highest BCUT2D eigenvalue weighted by molar-refractivity contribution is 7.98. The summed E-state index contributed by atoms with van der Waals surface area (Å²) < 4.78 is 28.4. The first-order valence-electron chi connectivity index (χ1n) is 11.7. The van der Waals surface area contributed by atoms with Gasteiger partial charge in [0.25, 0.3) is 10.0 Å². The highest BCUT2D eigenvalue weighted by Gasteiger charge is 2.22. The molecule has 0 unspecified atom stereocenters. The minimum atomic E-state index is -3.89. The van der Waals surface area contributed by atoms with Crippen molar-refractivity contribution in [2.24, 2.45) is 0 Å². The number of aromatic amines is 1. The molecule has 0 aliphatic carbocycles. The van der Waals surface area contributed by atoms with Gasteiger partial charge in [0.15, 0.2) is 5.65 Å². The average Bonchev–Trinajstić information content (AvgIpc) is 3.57. The molecule has 0 aliphatic rings. The molecule has 3 aromatic heterocycles. The van der Waals surface area contributed by atoms with Crippen LogP contribution in [0.25, 0.3) is 21.9 Å². The van der Waals surface area contributed by atoms with E-state index in [1.165, 1.54) is 10.2 Å². The molecule has 0 atom stereocenters. The molecule has 3 heterocycles. The smallest absolute Gasteiger partial charge is 0.269 e. The van der Waals surface area contributed by atoms with Gasteiger partial charge in [-0.2, -0.15) is 15.1 Å². The van der Waals surface area contributed by atoms with E-state index in [9.17, 15) is 8.42 Å². The van der Waals surface area contributed by atoms with Gasteiger partial charge in [-0.25, -0.2) is 12.4 Å². The van der Waals surface area contributed by atoms with Gasteiger partial charge in [-0.05, 0) is 73.8 Å². The van der Waals surface area contributed by atoms with Crippen LogP contribution in [0.4, 0.5) is 23.1 Å². The van der Waals surface area contributed by atoms with Gasteiger partial charge in [0.2, 0.25) is 5.95 Å². The number of thioether (sulfide) groups is 1. The molecule has 0 spiro atoms. The molecule has 0 amide bonds. The highest BCUT2D eigenvalue weighted by atomic mass is 32.2. The quantitative estimate of drug-likeness (QED) is 0.209. The molecule has 6 rings (SSSR count). The second-order valence-electron chi connectivity index (χ2n) is 8.71. The van der Waals surface area contributed by atoms with Crippen LogP contribution in [-0.2, 0) is 10.0 Å². The van der Waals surface area contributed by atoms with Crippen molar-refractivity contribution in [3.05, 3.63) is 90.8 Å². The number of anilines is 4. The van der Waals surface area contributed by atoms with Crippen LogP contribution in [0.15, 0.2) is 95.0 Å². The number of H-pyrrole nitrogens is 1. The maximum atomic E-state index is 13.6. The van der Waals surface area contributed by atoms with Crippen LogP contribution in [0, 0.1) is 6.92 Å². The van der Waals surface area contributed by atoms with E-state index in [1.807, 2.05) is 55.6 Å². The average molecular weight is 542 g/mol. The number of nitrogens with one attached hydrogen (secondary N) is 3. The van der Waals surface area contributed by atoms with Gasteiger partial charge in [-0.15, -0.1) is 11.8 Å². The number of hydrogen-bond donors (Lipinski definition) is 3. The first-order chi connectivity index (χ1) is 18.4. The van der Waals surface area contributed by atoms with Crippen LogP contribution in [0.3, 0.4) is 0 Å². The van der Waals surface area contributed by atoms with Crippen LogP contribution in [-0.4, -0.2) is 38.8 Å². The molecule has 0 aliphatic heterocycles. The topological polar surface area (TPSA) is 118 Å². The maximum Gasteiger partial charge on any atom is 0.269 e. The second-order valence-corrected chi connectivity index (χ2v) is 11.4. The molecule has 190 valence electrons. The minimum Gasteiger partial charge on any atom is -0.339 e. The third-order valence-electron chi connectivity index (χ3n) is 6.14. The minimum absolute atomic E-state index is 0.181. The lowest BCUT2D eigenvalue weighted by Gasteiger charge is -2.13. The molecule has 0 fully saturated rings. The van der Waals surface area contributed by atoms with Gasteiger partial charge < -0.3 is 10.6 Å². The zero-order valence-electron chi connectivity index (χ0n) is 20.5. The SMILES string of the molecule is CSc1ccc(Nc2nc(Nc3ccc4cn[nH]c4c3)c3ccn(S(=O)(=O)c4ccc(C)cc4)c3n2)cc1. The number of fused-ring (bicyclic) bond motifs is 2. The van der Waals surface area contributed by atoms with Crippen molar-refractivity contribution in [2.75, 3.05) is 16.9 Å². The van der Waals surface area contributed by atoms with E-state index in [0.717, 1.165) is 32.7 Å². The molecular weight excluding hydrogens is 518 g/mol. The van der Waals surface area contributed by atoms with Crippen molar-refractivity contribution in [1.29, 1.82) is 0 Å². The number of rotatable bonds is 7. The number of aromatic nitrogens is 5. The molecule has 0 bridgehead atoms. The van der Waals surface area contributed by atoms with Crippen molar-refractivity contribution in [3.63, 3.8) is 0 Å². The summed E-state index contributed by atoms with van der Waals surface area (Å²) in [6, 6.07) is 22.1. The molecule has 0 saturated carbocycles. The van der Waals surface area contributed by atoms with Crippen molar-refractivity contribution < 1.29 is 8.42 Å². The highest BCUT2D eigenvalue weighted by Crippen LogP contribution is 2.31. The third-order valence-corrected chi connectivity index (χ3v) is 8.56. The lowest BCUT2D eigenvalue weighted by atomic mass is 10.2. The lowest BCUT2D eigenvalue weighted by Crippen LogP contribution is -2.13. The number of aryl methyl sites for hydroxylation is 1. The Balaban J connectivity index is 1.47. The first kappa shape index (κ1) is 24.0. The molecule has 11 heteroatoms. The Labute approximate surface area is 223 Å². The Morgan fingerprint density at radius 2 is 1.66 bits per heavy atom. The van der Waals surface area contributed by atoms with E-state index in [4.69, 9.17) is 4.98 Å². The molecule has 9 nitrogen and oxygen atoms in total. The van der Waals surface area contributed by atoms with E-state index in [2.05, 4.69) is 25.8 Å². The Morgan fingerprint density at radius 1 is 0.895 bits per heavy atom. The third kappa shape index (κ3) is 4.46. The maximum absolute atomic E-state index is 13.6. The Hall–Kier alpha value is -4.35. The van der Waals surface area contributed by atoms with Crippen LogP contribution in [0.1, 0.15) is 5.56 Å². The summed E-state index contributed by atoms with van der Waals surface area (Å²) in [4.78, 5) is 10.6. The fraction of sp³-hybridized carbons (Fsp3) is 0.0741. The summed E-state index contributed by atoms with van der Waals surface area (Å²) in [5, 5.41) is 15.1. The largest absolute Gasteiger partial charge is 0.339 e. The van der Waals surface area contributed by atoms with Gasteiger partial charge >= 0.3 is 0 Å². The summed E-state index contributed by atoms with van der Waals surface area (Å²) in [7, 11) is -3.89. The van der Waals surface area contributed by atoms with E-state index in [0.29, 0.717) is 11.2 Å². The first-order valence-corrected chi connectivity index (χ1v) is 14.4. The van der Waals surface area contributed by atoms with Crippen LogP contribution >= 0.6 is 11.8 Å². The molecule has 38 heavy (non-hydrogen) atoms. The number of hydrogen-bond acceptors (Lipinski definition) is 8. The van der Waals surface area contributed by atoms with Crippen molar-refractivity contribution in [3.8, 4) is 0 Å². The summed E-state index contributed by atoms with van der Waals surface area (Å²) in [5.74, 6) is 0.730. The molecular formula is C27H23N7O2S2. The van der Waals surface area contributed by atoms with Gasteiger partial charge in [-0.1, -0.05) is 17.7 Å². The van der Waals surface area contributed by atoms with Crippen molar-refractivity contribution in [1.82, 2.24) is 24.1 Å². The molecule has 3 N–H and O–H groups in total. The zero-order chi connectivity index (χ0) is 26.3. The summed E-state index contributed by atoms with van der Waals surface area (Å²) >= 11 is 1.65. The number of benzene rings is 3. The lowest BCUT2D eigenvalue weighted by molar-refractivity contribution is 0.589. The van der Waals surface area contributed by atoms with E-state index in [1.54, 1.807) is 48.3 Å². The van der Waals surface area contributed by atoms with Gasteiger partial charge in [-0.3, -0.25) is 5.10 Å². The molecule has 3 aromatic carbocycles. The van der Waals surface area contributed by atoms with Crippen molar-refractivity contribution >= 4 is 66.9 Å². The van der Waals surface area contributed by atoms with Gasteiger partial charge in [0, 0.05) is 27.9 Å². The number of nitrogens with zero attached hydrogens (tertiary/aromatic N) is 4. The predicted molar refractivity (Wildman–Crippen MR) is 152 cm³/mol. The van der Waals surface area contributed by atoms with Crippen LogP contribution < -0.4 is 10.6 Å². The normalized spacial score (nSPS) is 11.7. The zero-order valence-corrected chi connectivity index (χ0v) is 22.1. The van der Waals surface area contributed by atoms with Crippen LogP contribution in [0.5, 0.6) is 0 Å². The Kier molecular flexibility index (Phi) is 6.01. The van der Waals surface area contributed by atoms with Gasteiger partial charge in [0.1, 0.15) is 5.82 Å². The summed E-state index contributed by atoms with van der Waals surface area (Å²) in [5.41, 5.74) is 3.65. The van der Waals surface area contributed by atoms with E-state index < -0.39 is 10.0 Å². The fourth-order valence-corrected chi connectivity index (χ4v) is 5.82. The van der Waals surface area contributed by atoms with E-state index >= 15 is 0 Å². The van der Waals surface area contributed by atoms with E-state index in [-0.39, 0.29) is 16.5 Å². The van der Waals surface area contributed by atoms with Crippen LogP contribution in [0.2, 0.25) is 0 Å². The predicted octanol–water partition coefficient (Wildman–Crippen LogP) is 6.06. The standard InChI is InChI=1S/C27H23N7O2S2/c1-17-3-11-22(12-4-17)38(35,36)34-14-13-23-25(29-20-6-5-18-16-28-33-24(18)15-20)31-27(32-26(23)34)30-19-7-9-21(37-2)10-8-19/h3-16H,1-2H3,(H,28,33)(H2,29,30,31,32). The summed E-state index contributed by atoms with van der Waals surface area (Å²) in [6.07, 6.45) is 5.28. The molecule has 0 radical (unpaired) electrons. The Bertz CT molecular complexity index is 1880. The fourth-order valence-electron chi connectivity index (χ4n) is 4.12. The molecule has 0 saturated heterocycles.